The van der Waals surface area contributed by atoms with Gasteiger partial charge < -0.3 is 4.74 Å². The van der Waals surface area contributed by atoms with Crippen LogP contribution in [0.1, 0.15) is 26.3 Å². The number of esters is 1. The Bertz CT molecular complexity index is 360. The zero-order valence-electron chi connectivity index (χ0n) is 7.62. The predicted molar refractivity (Wildman–Crippen MR) is 55.8 cm³/mol. The standard InChI is InChI=1S/C10H9BrO3/c1-14-10(13)9-3-7(5-11)2-8(4-9)6-12/h2-4,6H,5H2,1H3. The molecule has 0 bridgehead atoms. The van der Waals surface area contributed by atoms with Crippen molar-refractivity contribution in [3.8, 4) is 0 Å². The van der Waals surface area contributed by atoms with Gasteiger partial charge >= 0.3 is 5.97 Å². The molecule has 0 aliphatic rings. The topological polar surface area (TPSA) is 43.4 Å². The number of carbonyl (C=O) groups excluding carboxylic acids is 2. The van der Waals surface area contributed by atoms with Crippen LogP contribution < -0.4 is 0 Å². The molecule has 14 heavy (non-hydrogen) atoms. The highest BCUT2D eigenvalue weighted by Gasteiger charge is 2.07. The first kappa shape index (κ1) is 10.9. The number of alkyl halides is 1. The molecule has 0 unspecified atom stereocenters. The Morgan fingerprint density at radius 1 is 1.50 bits per heavy atom. The van der Waals surface area contributed by atoms with Crippen LogP contribution in [0.4, 0.5) is 0 Å². The zero-order valence-corrected chi connectivity index (χ0v) is 9.21. The van der Waals surface area contributed by atoms with E-state index < -0.39 is 5.97 Å². The van der Waals surface area contributed by atoms with Gasteiger partial charge in [-0.25, -0.2) is 4.79 Å². The molecule has 0 fully saturated rings. The van der Waals surface area contributed by atoms with Crippen molar-refractivity contribution < 1.29 is 14.3 Å². The quantitative estimate of drug-likeness (QED) is 0.473. The average molecular weight is 257 g/mol. The Morgan fingerprint density at radius 2 is 2.21 bits per heavy atom. The minimum atomic E-state index is -0.434. The molecule has 4 heteroatoms. The number of hydrogen-bond donors (Lipinski definition) is 0. The molecule has 0 spiro atoms. The van der Waals surface area contributed by atoms with Crippen LogP contribution >= 0.6 is 15.9 Å². The number of halogens is 1. The van der Waals surface area contributed by atoms with Crippen LogP contribution in [-0.2, 0) is 10.1 Å². The molecule has 1 rings (SSSR count). The summed E-state index contributed by atoms with van der Waals surface area (Å²) in [4.78, 5) is 21.8. The SMILES string of the molecule is COC(=O)c1cc(C=O)cc(CBr)c1. The van der Waals surface area contributed by atoms with Crippen molar-refractivity contribution in [3.05, 3.63) is 34.9 Å². The minimum Gasteiger partial charge on any atom is -0.465 e. The highest BCUT2D eigenvalue weighted by Crippen LogP contribution is 2.12. The summed E-state index contributed by atoms with van der Waals surface area (Å²) in [6, 6.07) is 4.91. The van der Waals surface area contributed by atoms with Gasteiger partial charge in [-0.2, -0.15) is 0 Å². The number of ether oxygens (including phenoxy) is 1. The Labute approximate surface area is 90.2 Å². The number of rotatable bonds is 3. The van der Waals surface area contributed by atoms with E-state index in [2.05, 4.69) is 20.7 Å². The zero-order chi connectivity index (χ0) is 10.6. The van der Waals surface area contributed by atoms with Gasteiger partial charge in [0.2, 0.25) is 0 Å². The van der Waals surface area contributed by atoms with Crippen LogP contribution in [0.15, 0.2) is 18.2 Å². The second-order valence-electron chi connectivity index (χ2n) is 2.71. The van der Waals surface area contributed by atoms with Gasteiger partial charge in [-0.05, 0) is 23.8 Å². The van der Waals surface area contributed by atoms with Gasteiger partial charge in [-0.15, -0.1) is 0 Å². The van der Waals surface area contributed by atoms with E-state index in [1.807, 2.05) is 0 Å². The van der Waals surface area contributed by atoms with Gasteiger partial charge in [0.1, 0.15) is 6.29 Å². The minimum absolute atomic E-state index is 0.395. The summed E-state index contributed by atoms with van der Waals surface area (Å²) >= 11 is 3.26. The van der Waals surface area contributed by atoms with Crippen molar-refractivity contribution in [2.75, 3.05) is 7.11 Å². The summed E-state index contributed by atoms with van der Waals surface area (Å²) in [7, 11) is 1.31. The lowest BCUT2D eigenvalue weighted by Gasteiger charge is -2.02. The molecular weight excluding hydrogens is 248 g/mol. The van der Waals surface area contributed by atoms with E-state index in [0.717, 1.165) is 5.56 Å². The van der Waals surface area contributed by atoms with Crippen molar-refractivity contribution in [1.29, 1.82) is 0 Å². The van der Waals surface area contributed by atoms with Gasteiger partial charge in [-0.3, -0.25) is 4.79 Å². The summed E-state index contributed by atoms with van der Waals surface area (Å²) in [5.74, 6) is -0.434. The number of methoxy groups -OCH3 is 1. The fraction of sp³-hybridized carbons (Fsp3) is 0.200. The maximum Gasteiger partial charge on any atom is 0.337 e. The van der Waals surface area contributed by atoms with Crippen LogP contribution in [0.25, 0.3) is 0 Å². The molecule has 0 atom stereocenters. The molecule has 0 amide bonds. The lowest BCUT2D eigenvalue weighted by atomic mass is 10.1. The molecule has 1 aromatic carbocycles. The van der Waals surface area contributed by atoms with E-state index in [0.29, 0.717) is 22.7 Å². The largest absolute Gasteiger partial charge is 0.465 e. The first-order valence-electron chi connectivity index (χ1n) is 3.94. The molecular formula is C10H9BrO3. The molecule has 0 aliphatic heterocycles. The smallest absolute Gasteiger partial charge is 0.337 e. The lowest BCUT2D eigenvalue weighted by molar-refractivity contribution is 0.0600. The summed E-state index contributed by atoms with van der Waals surface area (Å²) < 4.78 is 4.57. The Morgan fingerprint density at radius 3 is 2.71 bits per heavy atom. The number of hydrogen-bond acceptors (Lipinski definition) is 3. The first-order valence-corrected chi connectivity index (χ1v) is 5.07. The van der Waals surface area contributed by atoms with Gasteiger partial charge in [0, 0.05) is 10.9 Å². The maximum atomic E-state index is 11.2. The normalized spacial score (nSPS) is 9.57. The van der Waals surface area contributed by atoms with E-state index in [9.17, 15) is 9.59 Å². The second-order valence-corrected chi connectivity index (χ2v) is 3.27. The molecule has 0 heterocycles. The third-order valence-electron chi connectivity index (χ3n) is 1.73. The van der Waals surface area contributed by atoms with Crippen molar-refractivity contribution in [3.63, 3.8) is 0 Å². The fourth-order valence-corrected chi connectivity index (χ4v) is 1.42. The van der Waals surface area contributed by atoms with Crippen LogP contribution in [0.5, 0.6) is 0 Å². The molecule has 0 N–H and O–H groups in total. The average Bonchev–Trinajstić information content (AvgIpc) is 2.27. The van der Waals surface area contributed by atoms with Crippen LogP contribution in [-0.4, -0.2) is 19.4 Å². The predicted octanol–water partition coefficient (Wildman–Crippen LogP) is 2.18. The second kappa shape index (κ2) is 4.91. The molecule has 1 aromatic rings. The van der Waals surface area contributed by atoms with Gasteiger partial charge in [0.15, 0.2) is 0 Å². The van der Waals surface area contributed by atoms with Crippen molar-refractivity contribution in [2.24, 2.45) is 0 Å². The summed E-state index contributed by atoms with van der Waals surface area (Å²) in [5.41, 5.74) is 1.74. The van der Waals surface area contributed by atoms with E-state index >= 15 is 0 Å². The third-order valence-corrected chi connectivity index (χ3v) is 2.37. The van der Waals surface area contributed by atoms with Gasteiger partial charge in [0.05, 0.1) is 12.7 Å². The van der Waals surface area contributed by atoms with Gasteiger partial charge in [0.25, 0.3) is 0 Å². The molecule has 0 aliphatic carbocycles. The first-order chi connectivity index (χ1) is 6.71. The fourth-order valence-electron chi connectivity index (χ4n) is 1.10. The molecule has 0 aromatic heterocycles. The Kier molecular flexibility index (Phi) is 3.83. The molecule has 74 valence electrons. The van der Waals surface area contributed by atoms with Crippen LogP contribution in [0.3, 0.4) is 0 Å². The maximum absolute atomic E-state index is 11.2. The highest BCUT2D eigenvalue weighted by molar-refractivity contribution is 9.08. The monoisotopic (exact) mass is 256 g/mol. The van der Waals surface area contributed by atoms with Crippen molar-refractivity contribution in [2.45, 2.75) is 5.33 Å². The van der Waals surface area contributed by atoms with Crippen LogP contribution in [0.2, 0.25) is 0 Å². The highest BCUT2D eigenvalue weighted by atomic mass is 79.9. The van der Waals surface area contributed by atoms with E-state index in [1.165, 1.54) is 13.2 Å². The van der Waals surface area contributed by atoms with Gasteiger partial charge in [-0.1, -0.05) is 15.9 Å². The summed E-state index contributed by atoms with van der Waals surface area (Å²) in [6.07, 6.45) is 0.707. The molecule has 0 radical (unpaired) electrons. The lowest BCUT2D eigenvalue weighted by Crippen LogP contribution is -2.02. The van der Waals surface area contributed by atoms with Crippen LogP contribution in [0, 0.1) is 0 Å². The Hall–Kier alpha value is -1.16. The number of aldehydes is 1. The summed E-state index contributed by atoms with van der Waals surface area (Å²) in [6.45, 7) is 0. The molecule has 0 saturated heterocycles. The van der Waals surface area contributed by atoms with Crippen molar-refractivity contribution >= 4 is 28.2 Å². The summed E-state index contributed by atoms with van der Waals surface area (Å²) in [5, 5.41) is 0.596. The van der Waals surface area contributed by atoms with E-state index in [1.54, 1.807) is 12.1 Å². The van der Waals surface area contributed by atoms with Crippen molar-refractivity contribution in [1.82, 2.24) is 0 Å². The number of benzene rings is 1. The number of carbonyl (C=O) groups is 2. The third kappa shape index (κ3) is 2.42. The molecule has 3 nitrogen and oxygen atoms in total. The Balaban J connectivity index is 3.16. The molecule has 0 saturated carbocycles. The van der Waals surface area contributed by atoms with E-state index in [-0.39, 0.29) is 0 Å². The van der Waals surface area contributed by atoms with E-state index in [4.69, 9.17) is 0 Å².